The zero-order valence-corrected chi connectivity index (χ0v) is 14.4. The Labute approximate surface area is 146 Å². The maximum absolute atomic E-state index is 13.7. The standard InChI is InChI=1S/C18H24FN3O3/c1-13(17(23)20-15-6-3-2-5-14(15)19)21-8-10-22(11-9-21)18(24)16-7-4-12-25-16/h2-3,5-6,13,16H,4,7-12H2,1H3,(H,20,23)/t13-,16+/m0/s1. The lowest BCUT2D eigenvalue weighted by Crippen LogP contribution is -2.55. The molecule has 1 N–H and O–H groups in total. The molecule has 0 radical (unpaired) electrons. The molecule has 136 valence electrons. The van der Waals surface area contributed by atoms with Crippen LogP contribution in [0.25, 0.3) is 0 Å². The number of carbonyl (C=O) groups is 2. The molecule has 6 nitrogen and oxygen atoms in total. The summed E-state index contributed by atoms with van der Waals surface area (Å²) in [4.78, 5) is 28.5. The van der Waals surface area contributed by atoms with E-state index in [0.29, 0.717) is 32.8 Å². The summed E-state index contributed by atoms with van der Waals surface area (Å²) in [5.74, 6) is -0.639. The van der Waals surface area contributed by atoms with E-state index in [-0.39, 0.29) is 29.6 Å². The van der Waals surface area contributed by atoms with E-state index < -0.39 is 5.82 Å². The molecule has 1 aromatic rings. The van der Waals surface area contributed by atoms with Crippen LogP contribution in [-0.4, -0.2) is 66.5 Å². The molecular formula is C18H24FN3O3. The largest absolute Gasteiger partial charge is 0.368 e. The summed E-state index contributed by atoms with van der Waals surface area (Å²) in [5, 5.41) is 2.63. The third-order valence-corrected chi connectivity index (χ3v) is 4.89. The van der Waals surface area contributed by atoms with Gasteiger partial charge < -0.3 is 15.0 Å². The SMILES string of the molecule is C[C@@H](C(=O)Nc1ccccc1F)N1CCN(C(=O)[C@H]2CCCO2)CC1. The second kappa shape index (κ2) is 7.93. The van der Waals surface area contributed by atoms with Gasteiger partial charge in [0.2, 0.25) is 5.91 Å². The molecular weight excluding hydrogens is 325 g/mol. The maximum Gasteiger partial charge on any atom is 0.251 e. The second-order valence-corrected chi connectivity index (χ2v) is 6.51. The van der Waals surface area contributed by atoms with Crippen molar-refractivity contribution in [2.24, 2.45) is 0 Å². The molecule has 0 aliphatic carbocycles. The molecule has 0 bridgehead atoms. The number of ether oxygens (including phenoxy) is 1. The van der Waals surface area contributed by atoms with Crippen LogP contribution in [-0.2, 0) is 14.3 Å². The first-order valence-electron chi connectivity index (χ1n) is 8.76. The van der Waals surface area contributed by atoms with Crippen LogP contribution >= 0.6 is 0 Å². The third-order valence-electron chi connectivity index (χ3n) is 4.89. The summed E-state index contributed by atoms with van der Waals surface area (Å²) in [5.41, 5.74) is 0.187. The Morgan fingerprint density at radius 1 is 1.24 bits per heavy atom. The van der Waals surface area contributed by atoms with Crippen molar-refractivity contribution in [1.29, 1.82) is 0 Å². The molecule has 0 spiro atoms. The number of piperazine rings is 1. The van der Waals surface area contributed by atoms with Crippen molar-refractivity contribution >= 4 is 17.5 Å². The fraction of sp³-hybridized carbons (Fsp3) is 0.556. The Balaban J connectivity index is 1.50. The minimum absolute atomic E-state index is 0.0561. The quantitative estimate of drug-likeness (QED) is 0.894. The molecule has 2 saturated heterocycles. The van der Waals surface area contributed by atoms with E-state index in [1.807, 2.05) is 9.80 Å². The highest BCUT2D eigenvalue weighted by Crippen LogP contribution is 2.17. The number of halogens is 1. The number of para-hydroxylation sites is 1. The Morgan fingerprint density at radius 3 is 2.60 bits per heavy atom. The lowest BCUT2D eigenvalue weighted by molar-refractivity contribution is -0.143. The minimum atomic E-state index is -0.449. The highest BCUT2D eigenvalue weighted by molar-refractivity contribution is 5.94. The summed E-state index contributed by atoms with van der Waals surface area (Å²) >= 11 is 0. The smallest absolute Gasteiger partial charge is 0.251 e. The van der Waals surface area contributed by atoms with E-state index in [2.05, 4.69) is 5.32 Å². The van der Waals surface area contributed by atoms with Gasteiger partial charge in [-0.05, 0) is 31.9 Å². The van der Waals surface area contributed by atoms with Crippen LogP contribution in [0.2, 0.25) is 0 Å². The number of carbonyl (C=O) groups excluding carboxylic acids is 2. The monoisotopic (exact) mass is 349 g/mol. The van der Waals surface area contributed by atoms with Crippen LogP contribution in [0.1, 0.15) is 19.8 Å². The van der Waals surface area contributed by atoms with Crippen molar-refractivity contribution < 1.29 is 18.7 Å². The number of anilines is 1. The van der Waals surface area contributed by atoms with E-state index in [9.17, 15) is 14.0 Å². The van der Waals surface area contributed by atoms with E-state index >= 15 is 0 Å². The molecule has 2 aliphatic rings. The first kappa shape index (κ1) is 17.8. The zero-order valence-electron chi connectivity index (χ0n) is 14.4. The van der Waals surface area contributed by atoms with Gasteiger partial charge in [-0.1, -0.05) is 12.1 Å². The number of rotatable bonds is 4. The van der Waals surface area contributed by atoms with Gasteiger partial charge in [0.05, 0.1) is 11.7 Å². The van der Waals surface area contributed by atoms with Crippen molar-refractivity contribution in [2.75, 3.05) is 38.1 Å². The van der Waals surface area contributed by atoms with Crippen LogP contribution in [0.4, 0.5) is 10.1 Å². The van der Waals surface area contributed by atoms with E-state index in [1.165, 1.54) is 12.1 Å². The Bertz CT molecular complexity index is 626. The number of hydrogen-bond donors (Lipinski definition) is 1. The molecule has 25 heavy (non-hydrogen) atoms. The van der Waals surface area contributed by atoms with Crippen LogP contribution in [0.15, 0.2) is 24.3 Å². The summed E-state index contributed by atoms with van der Waals surface area (Å²) in [7, 11) is 0. The number of nitrogens with zero attached hydrogens (tertiary/aromatic N) is 2. The number of nitrogens with one attached hydrogen (secondary N) is 1. The van der Waals surface area contributed by atoms with Gasteiger partial charge in [0, 0.05) is 32.8 Å². The van der Waals surface area contributed by atoms with Crippen LogP contribution in [0, 0.1) is 5.82 Å². The molecule has 1 aromatic carbocycles. The fourth-order valence-electron chi connectivity index (χ4n) is 3.27. The minimum Gasteiger partial charge on any atom is -0.368 e. The summed E-state index contributed by atoms with van der Waals surface area (Å²) < 4.78 is 19.1. The van der Waals surface area contributed by atoms with Crippen LogP contribution in [0.3, 0.4) is 0 Å². The third kappa shape index (κ3) is 4.16. The van der Waals surface area contributed by atoms with Crippen molar-refractivity contribution in [3.8, 4) is 0 Å². The second-order valence-electron chi connectivity index (χ2n) is 6.51. The normalized spacial score (nSPS) is 22.6. The van der Waals surface area contributed by atoms with E-state index in [1.54, 1.807) is 19.1 Å². The Hall–Kier alpha value is -1.99. The first-order valence-corrected chi connectivity index (χ1v) is 8.76. The van der Waals surface area contributed by atoms with Gasteiger partial charge >= 0.3 is 0 Å². The van der Waals surface area contributed by atoms with Gasteiger partial charge in [-0.3, -0.25) is 14.5 Å². The van der Waals surface area contributed by atoms with Gasteiger partial charge in [0.25, 0.3) is 5.91 Å². The Morgan fingerprint density at radius 2 is 1.96 bits per heavy atom. The summed E-state index contributed by atoms with van der Waals surface area (Å²) in [6.45, 7) is 4.85. The van der Waals surface area contributed by atoms with Crippen LogP contribution in [0.5, 0.6) is 0 Å². The summed E-state index contributed by atoms with van der Waals surface area (Å²) in [6, 6.07) is 5.73. The number of benzene rings is 1. The summed E-state index contributed by atoms with van der Waals surface area (Å²) in [6.07, 6.45) is 1.43. The fourth-order valence-corrected chi connectivity index (χ4v) is 3.27. The highest BCUT2D eigenvalue weighted by Gasteiger charge is 2.32. The molecule has 7 heteroatoms. The molecule has 0 unspecified atom stereocenters. The van der Waals surface area contributed by atoms with Gasteiger partial charge in [-0.15, -0.1) is 0 Å². The molecule has 0 aromatic heterocycles. The van der Waals surface area contributed by atoms with E-state index in [4.69, 9.17) is 4.74 Å². The van der Waals surface area contributed by atoms with Gasteiger partial charge in [0.15, 0.2) is 0 Å². The molecule has 3 rings (SSSR count). The highest BCUT2D eigenvalue weighted by atomic mass is 19.1. The van der Waals surface area contributed by atoms with Crippen molar-refractivity contribution in [3.63, 3.8) is 0 Å². The maximum atomic E-state index is 13.7. The predicted octanol–water partition coefficient (Wildman–Crippen LogP) is 1.48. The van der Waals surface area contributed by atoms with E-state index in [0.717, 1.165) is 12.8 Å². The van der Waals surface area contributed by atoms with Crippen molar-refractivity contribution in [2.45, 2.75) is 31.9 Å². The first-order chi connectivity index (χ1) is 12.1. The lowest BCUT2D eigenvalue weighted by atomic mass is 10.1. The van der Waals surface area contributed by atoms with Gasteiger partial charge in [-0.2, -0.15) is 0 Å². The zero-order chi connectivity index (χ0) is 17.8. The van der Waals surface area contributed by atoms with Crippen LogP contribution < -0.4 is 5.32 Å². The molecule has 0 saturated carbocycles. The van der Waals surface area contributed by atoms with Crippen molar-refractivity contribution in [1.82, 2.24) is 9.80 Å². The molecule has 2 heterocycles. The number of amides is 2. The van der Waals surface area contributed by atoms with Crippen molar-refractivity contribution in [3.05, 3.63) is 30.1 Å². The van der Waals surface area contributed by atoms with Gasteiger partial charge in [-0.25, -0.2) is 4.39 Å². The molecule has 2 fully saturated rings. The van der Waals surface area contributed by atoms with Gasteiger partial charge in [0.1, 0.15) is 11.9 Å². The molecule has 2 aliphatic heterocycles. The average molecular weight is 349 g/mol. The number of hydrogen-bond acceptors (Lipinski definition) is 4. The predicted molar refractivity (Wildman–Crippen MR) is 91.6 cm³/mol. The lowest BCUT2D eigenvalue weighted by Gasteiger charge is -2.38. The average Bonchev–Trinajstić information content (AvgIpc) is 3.17. The Kier molecular flexibility index (Phi) is 5.65. The molecule has 2 atom stereocenters. The molecule has 2 amide bonds. The topological polar surface area (TPSA) is 61.9 Å².